The van der Waals surface area contributed by atoms with Gasteiger partial charge in [0.15, 0.2) is 0 Å². The lowest BCUT2D eigenvalue weighted by molar-refractivity contribution is 0.483. The minimum atomic E-state index is -4.02. The van der Waals surface area contributed by atoms with Crippen molar-refractivity contribution < 1.29 is 13.0 Å². The normalized spacial score (nSPS) is 10.3. The molecule has 1 aromatic carbocycles. The number of aryl methyl sites for hydroxylation is 1. The molecule has 0 saturated carbocycles. The van der Waals surface area contributed by atoms with Crippen molar-refractivity contribution in [1.82, 2.24) is 0 Å². The quantitative estimate of drug-likeness (QED) is 0.693. The Bertz CT molecular complexity index is 356. The summed E-state index contributed by atoms with van der Waals surface area (Å²) in [4.78, 5) is -0.0666. The number of benzene rings is 1. The van der Waals surface area contributed by atoms with Crippen LogP contribution in [0.15, 0.2) is 29.2 Å². The molecular formula is C9H15NO3S. The van der Waals surface area contributed by atoms with Crippen LogP contribution in [0.3, 0.4) is 0 Å². The van der Waals surface area contributed by atoms with Crippen LogP contribution >= 0.6 is 0 Å². The summed E-state index contributed by atoms with van der Waals surface area (Å²) in [5.41, 5.74) is 5.80. The van der Waals surface area contributed by atoms with E-state index < -0.39 is 10.1 Å². The Labute approximate surface area is 84.5 Å². The van der Waals surface area contributed by atoms with E-state index >= 15 is 0 Å². The van der Waals surface area contributed by atoms with Gasteiger partial charge in [-0.3, -0.25) is 4.55 Å². The zero-order valence-corrected chi connectivity index (χ0v) is 9.08. The van der Waals surface area contributed by atoms with Gasteiger partial charge in [0, 0.05) is 0 Å². The third-order valence-electron chi connectivity index (χ3n) is 1.32. The van der Waals surface area contributed by atoms with Crippen molar-refractivity contribution >= 4 is 10.1 Å². The van der Waals surface area contributed by atoms with Gasteiger partial charge in [-0.25, -0.2) is 0 Å². The van der Waals surface area contributed by atoms with E-state index in [0.29, 0.717) is 0 Å². The van der Waals surface area contributed by atoms with Gasteiger partial charge in [-0.2, -0.15) is 8.42 Å². The highest BCUT2D eigenvalue weighted by Crippen LogP contribution is 2.08. The second-order valence-electron chi connectivity index (χ2n) is 2.70. The minimum Gasteiger partial charge on any atom is -0.331 e. The summed E-state index contributed by atoms with van der Waals surface area (Å²) in [7, 11) is -4.02. The molecule has 1 aromatic rings. The zero-order valence-electron chi connectivity index (χ0n) is 8.27. The van der Waals surface area contributed by atoms with E-state index in [1.165, 1.54) is 12.1 Å². The van der Waals surface area contributed by atoms with Gasteiger partial charge in [0.05, 0.1) is 4.90 Å². The maximum atomic E-state index is 10.5. The molecule has 4 nitrogen and oxygen atoms in total. The Kier molecular flexibility index (Phi) is 5.37. The smallest absolute Gasteiger partial charge is 0.294 e. The van der Waals surface area contributed by atoms with Gasteiger partial charge in [0.2, 0.25) is 0 Å². The molecule has 0 unspecified atom stereocenters. The molecule has 0 heterocycles. The van der Waals surface area contributed by atoms with Crippen molar-refractivity contribution in [3.8, 4) is 0 Å². The molecule has 0 spiro atoms. The van der Waals surface area contributed by atoms with Gasteiger partial charge < -0.3 is 5.73 Å². The van der Waals surface area contributed by atoms with Crippen LogP contribution in [0.2, 0.25) is 0 Å². The Hall–Kier alpha value is -0.910. The maximum Gasteiger partial charge on any atom is 0.294 e. The number of nitrogens with two attached hydrogens (primary N) is 1. The summed E-state index contributed by atoms with van der Waals surface area (Å²) in [5, 5.41) is 0. The summed E-state index contributed by atoms with van der Waals surface area (Å²) < 4.78 is 29.6. The summed E-state index contributed by atoms with van der Waals surface area (Å²) in [6.45, 7) is 4.49. The van der Waals surface area contributed by atoms with Gasteiger partial charge in [-0.1, -0.05) is 24.6 Å². The molecule has 3 N–H and O–H groups in total. The molecule has 0 bridgehead atoms. The average Bonchev–Trinajstić information content (AvgIpc) is 2.04. The number of hydrogen-bond acceptors (Lipinski definition) is 3. The first kappa shape index (κ1) is 13.1. The predicted octanol–water partition coefficient (Wildman–Crippen LogP) is 1.21. The van der Waals surface area contributed by atoms with E-state index in [0.717, 1.165) is 12.1 Å². The summed E-state index contributed by atoms with van der Waals surface area (Å²) in [5.74, 6) is 0. The van der Waals surface area contributed by atoms with Gasteiger partial charge in [0.1, 0.15) is 0 Å². The molecule has 1 rings (SSSR count). The van der Waals surface area contributed by atoms with E-state index in [1.54, 1.807) is 12.1 Å². The Morgan fingerprint density at radius 3 is 1.93 bits per heavy atom. The zero-order chi connectivity index (χ0) is 11.2. The SMILES string of the molecule is CCN.Cc1ccc(S(=O)(=O)O)cc1. The van der Waals surface area contributed by atoms with Crippen LogP contribution in [-0.4, -0.2) is 19.5 Å². The lowest BCUT2D eigenvalue weighted by Crippen LogP contribution is -1.96. The van der Waals surface area contributed by atoms with E-state index in [2.05, 4.69) is 0 Å². The van der Waals surface area contributed by atoms with Crippen LogP contribution in [0.5, 0.6) is 0 Å². The van der Waals surface area contributed by atoms with Crippen molar-refractivity contribution in [1.29, 1.82) is 0 Å². The van der Waals surface area contributed by atoms with E-state index in [9.17, 15) is 8.42 Å². The fourth-order valence-corrected chi connectivity index (χ4v) is 1.19. The lowest BCUT2D eigenvalue weighted by atomic mass is 10.2. The van der Waals surface area contributed by atoms with E-state index in [-0.39, 0.29) is 4.90 Å². The maximum absolute atomic E-state index is 10.5. The first-order chi connectivity index (χ1) is 6.41. The molecule has 0 radical (unpaired) electrons. The second kappa shape index (κ2) is 5.74. The largest absolute Gasteiger partial charge is 0.331 e. The third kappa shape index (κ3) is 4.96. The summed E-state index contributed by atoms with van der Waals surface area (Å²) in [6.07, 6.45) is 0. The molecule has 0 aromatic heterocycles. The molecule has 0 atom stereocenters. The van der Waals surface area contributed by atoms with Gasteiger partial charge >= 0.3 is 0 Å². The van der Waals surface area contributed by atoms with Crippen molar-refractivity contribution in [3.05, 3.63) is 29.8 Å². The summed E-state index contributed by atoms with van der Waals surface area (Å²) in [6, 6.07) is 5.99. The van der Waals surface area contributed by atoms with Gasteiger partial charge in [-0.05, 0) is 25.6 Å². The molecule has 0 aliphatic heterocycles. The molecule has 0 saturated heterocycles. The number of hydrogen-bond donors (Lipinski definition) is 2. The van der Waals surface area contributed by atoms with Crippen molar-refractivity contribution in [3.63, 3.8) is 0 Å². The fourth-order valence-electron chi connectivity index (χ4n) is 0.710. The van der Waals surface area contributed by atoms with Crippen molar-refractivity contribution in [2.45, 2.75) is 18.7 Å². The Balaban J connectivity index is 0.000000500. The van der Waals surface area contributed by atoms with Crippen LogP contribution in [0.25, 0.3) is 0 Å². The van der Waals surface area contributed by atoms with Crippen LogP contribution in [0, 0.1) is 6.92 Å². The Morgan fingerprint density at radius 2 is 1.64 bits per heavy atom. The highest BCUT2D eigenvalue weighted by Gasteiger charge is 2.06. The predicted molar refractivity (Wildman–Crippen MR) is 55.7 cm³/mol. The fraction of sp³-hybridized carbons (Fsp3) is 0.333. The third-order valence-corrected chi connectivity index (χ3v) is 2.19. The lowest BCUT2D eigenvalue weighted by Gasteiger charge is -1.95. The number of rotatable bonds is 1. The van der Waals surface area contributed by atoms with Crippen LogP contribution in [-0.2, 0) is 10.1 Å². The molecular weight excluding hydrogens is 202 g/mol. The molecule has 80 valence electrons. The van der Waals surface area contributed by atoms with Crippen LogP contribution in [0.1, 0.15) is 12.5 Å². The van der Waals surface area contributed by atoms with Crippen LogP contribution in [0.4, 0.5) is 0 Å². The standard InChI is InChI=1S/C7H8O3S.C2H7N/c1-6-2-4-7(5-3-6)11(8,9)10;1-2-3/h2-5H,1H3,(H,8,9,10);2-3H2,1H3. The molecule has 0 aliphatic carbocycles. The van der Waals surface area contributed by atoms with E-state index in [4.69, 9.17) is 10.3 Å². The molecule has 0 fully saturated rings. The minimum absolute atomic E-state index is 0.0666. The molecule has 0 aliphatic rings. The topological polar surface area (TPSA) is 80.4 Å². The summed E-state index contributed by atoms with van der Waals surface area (Å²) >= 11 is 0. The molecule has 5 heteroatoms. The molecule has 14 heavy (non-hydrogen) atoms. The molecule has 0 amide bonds. The van der Waals surface area contributed by atoms with Gasteiger partial charge in [-0.15, -0.1) is 0 Å². The first-order valence-electron chi connectivity index (χ1n) is 4.16. The first-order valence-corrected chi connectivity index (χ1v) is 5.60. The highest BCUT2D eigenvalue weighted by atomic mass is 32.2. The monoisotopic (exact) mass is 217 g/mol. The Morgan fingerprint density at radius 1 is 1.29 bits per heavy atom. The van der Waals surface area contributed by atoms with E-state index in [1.807, 2.05) is 13.8 Å². The van der Waals surface area contributed by atoms with Crippen molar-refractivity contribution in [2.24, 2.45) is 5.73 Å². The highest BCUT2D eigenvalue weighted by molar-refractivity contribution is 7.85. The average molecular weight is 217 g/mol. The van der Waals surface area contributed by atoms with Crippen LogP contribution < -0.4 is 5.73 Å². The van der Waals surface area contributed by atoms with Crippen molar-refractivity contribution in [2.75, 3.05) is 6.54 Å². The van der Waals surface area contributed by atoms with Gasteiger partial charge in [0.25, 0.3) is 10.1 Å². The second-order valence-corrected chi connectivity index (χ2v) is 4.12.